The van der Waals surface area contributed by atoms with Gasteiger partial charge in [0, 0.05) is 22.9 Å². The van der Waals surface area contributed by atoms with Crippen LogP contribution in [0.15, 0.2) is 29.7 Å². The first-order chi connectivity index (χ1) is 13.6. The maximum absolute atomic E-state index is 6.27. The molecule has 0 N–H and O–H groups in total. The van der Waals surface area contributed by atoms with Gasteiger partial charge < -0.3 is 0 Å². The van der Waals surface area contributed by atoms with Crippen molar-refractivity contribution in [3.63, 3.8) is 0 Å². The first-order valence-electron chi connectivity index (χ1n) is 9.61. The normalized spacial score (nSPS) is 19.7. The number of aryl methyl sites for hydroxylation is 1. The molecule has 3 aromatic rings. The Balaban J connectivity index is 1.51. The molecular weight excluding hydrogens is 390 g/mol. The van der Waals surface area contributed by atoms with E-state index in [0.717, 1.165) is 65.4 Å². The van der Waals surface area contributed by atoms with Gasteiger partial charge in [-0.05, 0) is 62.6 Å². The molecule has 3 heterocycles. The minimum Gasteiger partial charge on any atom is -0.295 e. The summed E-state index contributed by atoms with van der Waals surface area (Å²) in [5, 5.41) is 13.2. The van der Waals surface area contributed by atoms with E-state index in [4.69, 9.17) is 11.6 Å². The van der Waals surface area contributed by atoms with Gasteiger partial charge in [-0.1, -0.05) is 17.7 Å². The number of hydrogen-bond acceptors (Lipinski definition) is 5. The molecule has 0 fully saturated rings. The average Bonchev–Trinajstić information content (AvgIpc) is 3.25. The topological polar surface area (TPSA) is 46.8 Å². The first-order valence-corrected chi connectivity index (χ1v) is 10.9. The molecule has 1 aliphatic carbocycles. The third-order valence-corrected chi connectivity index (χ3v) is 6.62. The maximum Gasteiger partial charge on any atom is 0.151 e. The van der Waals surface area contributed by atoms with Gasteiger partial charge in [0.05, 0.1) is 22.9 Å². The summed E-state index contributed by atoms with van der Waals surface area (Å²) in [4.78, 5) is 6.91. The Bertz CT molecular complexity index is 1070. The molecule has 1 aromatic carbocycles. The van der Waals surface area contributed by atoms with Crippen molar-refractivity contribution in [3.8, 4) is 5.69 Å². The number of fused-ring (bicyclic) bond motifs is 3. The van der Waals surface area contributed by atoms with Crippen LogP contribution in [0.5, 0.6) is 0 Å². The van der Waals surface area contributed by atoms with Crippen LogP contribution in [-0.4, -0.2) is 31.7 Å². The van der Waals surface area contributed by atoms with Crippen LogP contribution in [0.25, 0.3) is 11.3 Å². The summed E-state index contributed by atoms with van der Waals surface area (Å²) < 4.78 is 2.27. The van der Waals surface area contributed by atoms with Gasteiger partial charge in [-0.2, -0.15) is 0 Å². The third-order valence-electron chi connectivity index (χ3n) is 5.61. The molecular formula is C21H22ClN5S. The van der Waals surface area contributed by atoms with Crippen LogP contribution < -0.4 is 0 Å². The predicted molar refractivity (Wildman–Crippen MR) is 113 cm³/mol. The number of halogens is 1. The summed E-state index contributed by atoms with van der Waals surface area (Å²) in [7, 11) is 2.11. The Kier molecular flexibility index (Phi) is 4.57. The molecule has 0 amide bonds. The Labute approximate surface area is 173 Å². The standard InChI is InChI=1S/C21H22ClN5S/c1-13-23-18(12-28-13)14-3-5-15(6-4-14)21-25-24-20-11-26(2)10-16-9-17(22)7-8-19(16)27(20)21/h3,7-9,12,15H,4-6,10-11H2,1-2H3. The lowest BCUT2D eigenvalue weighted by Gasteiger charge is -2.22. The predicted octanol–water partition coefficient (Wildman–Crippen LogP) is 4.98. The van der Waals surface area contributed by atoms with E-state index in [-0.39, 0.29) is 0 Å². The highest BCUT2D eigenvalue weighted by molar-refractivity contribution is 7.09. The Morgan fingerprint density at radius 1 is 1.21 bits per heavy atom. The Hall–Kier alpha value is -2.02. The fraction of sp³-hybridized carbons (Fsp3) is 0.381. The highest BCUT2D eigenvalue weighted by Crippen LogP contribution is 2.38. The van der Waals surface area contributed by atoms with E-state index in [9.17, 15) is 0 Å². The van der Waals surface area contributed by atoms with E-state index in [2.05, 4.69) is 62.2 Å². The zero-order valence-corrected chi connectivity index (χ0v) is 17.6. The molecule has 2 aliphatic rings. The van der Waals surface area contributed by atoms with Crippen molar-refractivity contribution in [3.05, 3.63) is 62.6 Å². The first kappa shape index (κ1) is 18.0. The van der Waals surface area contributed by atoms with Gasteiger partial charge in [-0.3, -0.25) is 9.47 Å². The van der Waals surface area contributed by atoms with Crippen LogP contribution in [-0.2, 0) is 13.1 Å². The van der Waals surface area contributed by atoms with Gasteiger partial charge in [-0.15, -0.1) is 21.5 Å². The average molecular weight is 412 g/mol. The Morgan fingerprint density at radius 3 is 2.86 bits per heavy atom. The smallest absolute Gasteiger partial charge is 0.151 e. The van der Waals surface area contributed by atoms with Gasteiger partial charge in [0.2, 0.25) is 0 Å². The largest absolute Gasteiger partial charge is 0.295 e. The van der Waals surface area contributed by atoms with Crippen LogP contribution in [0.2, 0.25) is 5.02 Å². The zero-order chi connectivity index (χ0) is 19.3. The molecule has 0 radical (unpaired) electrons. The summed E-state index contributed by atoms with van der Waals surface area (Å²) in [5.74, 6) is 2.44. The minimum absolute atomic E-state index is 0.372. The van der Waals surface area contributed by atoms with Gasteiger partial charge in [0.25, 0.3) is 0 Å². The summed E-state index contributed by atoms with van der Waals surface area (Å²) in [6.45, 7) is 3.70. The second-order valence-electron chi connectivity index (χ2n) is 7.71. The van der Waals surface area contributed by atoms with E-state index in [0.29, 0.717) is 5.92 Å². The lowest BCUT2D eigenvalue weighted by Crippen LogP contribution is -2.16. The fourth-order valence-corrected chi connectivity index (χ4v) is 5.09. The molecule has 1 aliphatic heterocycles. The van der Waals surface area contributed by atoms with Crippen molar-refractivity contribution in [1.82, 2.24) is 24.6 Å². The highest BCUT2D eigenvalue weighted by Gasteiger charge is 2.28. The molecule has 0 saturated heterocycles. The van der Waals surface area contributed by atoms with Crippen molar-refractivity contribution < 1.29 is 0 Å². The summed E-state index contributed by atoms with van der Waals surface area (Å²) in [6.07, 6.45) is 5.42. The van der Waals surface area contributed by atoms with E-state index >= 15 is 0 Å². The molecule has 144 valence electrons. The van der Waals surface area contributed by atoms with E-state index < -0.39 is 0 Å². The van der Waals surface area contributed by atoms with E-state index in [1.807, 2.05) is 6.07 Å². The van der Waals surface area contributed by atoms with Crippen LogP contribution in [0.4, 0.5) is 0 Å². The SMILES string of the molecule is Cc1nc(C2=CCC(c3nnc4n3-c3ccc(Cl)cc3CN(C)C4)CC2)cs1. The van der Waals surface area contributed by atoms with E-state index in [1.165, 1.54) is 11.1 Å². The molecule has 28 heavy (non-hydrogen) atoms. The second kappa shape index (κ2) is 7.10. The number of aromatic nitrogens is 4. The number of thiazole rings is 1. The molecule has 2 aromatic heterocycles. The monoisotopic (exact) mass is 411 g/mol. The Morgan fingerprint density at radius 2 is 2.11 bits per heavy atom. The fourth-order valence-electron chi connectivity index (χ4n) is 4.26. The van der Waals surface area contributed by atoms with Crippen LogP contribution in [0.3, 0.4) is 0 Å². The zero-order valence-electron chi connectivity index (χ0n) is 16.0. The number of benzene rings is 1. The second-order valence-corrected chi connectivity index (χ2v) is 9.21. The van der Waals surface area contributed by atoms with Crippen LogP contribution in [0.1, 0.15) is 53.1 Å². The molecule has 0 spiro atoms. The molecule has 0 bridgehead atoms. The van der Waals surface area contributed by atoms with Crippen molar-refractivity contribution in [2.45, 2.75) is 45.2 Å². The summed E-state index contributed by atoms with van der Waals surface area (Å²) >= 11 is 7.99. The quantitative estimate of drug-likeness (QED) is 0.596. The number of rotatable bonds is 2. The van der Waals surface area contributed by atoms with Crippen molar-refractivity contribution in [2.24, 2.45) is 0 Å². The molecule has 1 unspecified atom stereocenters. The van der Waals surface area contributed by atoms with Gasteiger partial charge in [0.15, 0.2) is 5.82 Å². The third kappa shape index (κ3) is 3.19. The highest BCUT2D eigenvalue weighted by atomic mass is 35.5. The number of hydrogen-bond donors (Lipinski definition) is 0. The van der Waals surface area contributed by atoms with Crippen LogP contribution in [0, 0.1) is 6.92 Å². The number of nitrogens with zero attached hydrogens (tertiary/aromatic N) is 5. The molecule has 1 atom stereocenters. The van der Waals surface area contributed by atoms with E-state index in [1.54, 1.807) is 11.3 Å². The van der Waals surface area contributed by atoms with Crippen molar-refractivity contribution in [1.29, 1.82) is 0 Å². The van der Waals surface area contributed by atoms with Gasteiger partial charge >= 0.3 is 0 Å². The summed E-state index contributed by atoms with van der Waals surface area (Å²) in [5.41, 5.74) is 4.89. The maximum atomic E-state index is 6.27. The molecule has 7 heteroatoms. The lowest BCUT2D eigenvalue weighted by atomic mass is 9.88. The number of allylic oxidation sites excluding steroid dienone is 2. The van der Waals surface area contributed by atoms with Gasteiger partial charge in [0.1, 0.15) is 5.82 Å². The molecule has 5 rings (SSSR count). The minimum atomic E-state index is 0.372. The molecule has 5 nitrogen and oxygen atoms in total. The van der Waals surface area contributed by atoms with Gasteiger partial charge in [-0.25, -0.2) is 4.98 Å². The van der Waals surface area contributed by atoms with Crippen molar-refractivity contribution in [2.75, 3.05) is 7.05 Å². The van der Waals surface area contributed by atoms with Crippen molar-refractivity contribution >= 4 is 28.5 Å². The molecule has 0 saturated carbocycles. The lowest BCUT2D eigenvalue weighted by molar-refractivity contribution is 0.315. The van der Waals surface area contributed by atoms with Crippen LogP contribution >= 0.6 is 22.9 Å². The summed E-state index contributed by atoms with van der Waals surface area (Å²) in [6, 6.07) is 6.13.